The molecule has 0 aliphatic carbocycles. The maximum atomic E-state index is 13.0. The van der Waals surface area contributed by atoms with Gasteiger partial charge in [-0.25, -0.2) is 0 Å². The highest BCUT2D eigenvalue weighted by molar-refractivity contribution is 6.70. The third-order valence-electron chi connectivity index (χ3n) is 1.40. The summed E-state index contributed by atoms with van der Waals surface area (Å²) in [5, 5.41) is 2.73. The van der Waals surface area contributed by atoms with Crippen LogP contribution >= 0.6 is 0 Å². The lowest BCUT2D eigenvalue weighted by Gasteiger charge is -2.12. The number of hydrogen-bond donors (Lipinski definition) is 1. The zero-order valence-corrected chi connectivity index (χ0v) is 9.28. The highest BCUT2D eigenvalue weighted by Crippen LogP contribution is 2.12. The minimum absolute atomic E-state index is 0.0387. The van der Waals surface area contributed by atoms with Gasteiger partial charge >= 0.3 is 0 Å². The topological polar surface area (TPSA) is 29.1 Å². The van der Waals surface area contributed by atoms with E-state index in [9.17, 15) is 8.90 Å². The first-order valence-electron chi connectivity index (χ1n) is 4.29. The second-order valence-electron chi connectivity index (χ2n) is 3.94. The van der Waals surface area contributed by atoms with E-state index in [-0.39, 0.29) is 11.9 Å². The molecule has 0 aliphatic heterocycles. The van der Waals surface area contributed by atoms with E-state index in [0.717, 1.165) is 0 Å². The number of carbonyl (C=O) groups excluding carboxylic acids is 1. The average molecular weight is 191 g/mol. The van der Waals surface area contributed by atoms with Gasteiger partial charge in [0.25, 0.3) is 0 Å². The van der Waals surface area contributed by atoms with Crippen molar-refractivity contribution in [3.05, 3.63) is 0 Å². The van der Waals surface area contributed by atoms with Crippen molar-refractivity contribution in [2.45, 2.75) is 45.4 Å². The molecule has 1 N–H and O–H groups in total. The molecule has 0 radical (unpaired) electrons. The Bertz CT molecular complexity index is 154. The van der Waals surface area contributed by atoms with Gasteiger partial charge in [-0.3, -0.25) is 4.79 Å². The van der Waals surface area contributed by atoms with Crippen molar-refractivity contribution in [1.29, 1.82) is 0 Å². The van der Waals surface area contributed by atoms with Crippen molar-refractivity contribution in [3.63, 3.8) is 0 Å². The van der Waals surface area contributed by atoms with Gasteiger partial charge in [0.15, 0.2) is 0 Å². The molecule has 72 valence electrons. The van der Waals surface area contributed by atoms with Crippen molar-refractivity contribution in [3.8, 4) is 0 Å². The van der Waals surface area contributed by atoms with Gasteiger partial charge in [0, 0.05) is 12.5 Å². The highest BCUT2D eigenvalue weighted by atomic mass is 28.4. The average Bonchev–Trinajstić information content (AvgIpc) is 1.80. The van der Waals surface area contributed by atoms with E-state index in [2.05, 4.69) is 5.32 Å². The normalized spacial score (nSPS) is 11.8. The summed E-state index contributed by atoms with van der Waals surface area (Å²) in [6.07, 6.45) is 0.327. The van der Waals surface area contributed by atoms with Crippen LogP contribution in [-0.2, 0) is 4.79 Å². The Labute approximate surface area is 74.7 Å². The van der Waals surface area contributed by atoms with E-state index >= 15 is 0 Å². The van der Waals surface area contributed by atoms with Crippen molar-refractivity contribution in [2.24, 2.45) is 0 Å². The quantitative estimate of drug-likeness (QED) is 0.535. The number of hydrogen-bond acceptors (Lipinski definition) is 1. The monoisotopic (exact) mass is 191 g/mol. The highest BCUT2D eigenvalue weighted by Gasteiger charge is 2.21. The number of carbonyl (C=O) groups is 1. The molecule has 0 aromatic carbocycles. The first-order chi connectivity index (χ1) is 5.31. The van der Waals surface area contributed by atoms with E-state index in [1.807, 2.05) is 13.8 Å². The molecule has 4 heteroatoms. The minimum Gasteiger partial charge on any atom is -0.354 e. The second-order valence-corrected chi connectivity index (χ2v) is 7.88. The molecule has 0 aliphatic rings. The third kappa shape index (κ3) is 7.72. The standard InChI is InChI=1S/C8H18FNOSi/c1-7(2)10-8(11)5-6-12(3,4)9/h7H,5-6H2,1-4H3,(H,10,11). The first kappa shape index (κ1) is 11.6. The summed E-state index contributed by atoms with van der Waals surface area (Å²) in [5.41, 5.74) is 0. The summed E-state index contributed by atoms with van der Waals surface area (Å²) in [4.78, 5) is 11.0. The second kappa shape index (κ2) is 4.60. The zero-order valence-electron chi connectivity index (χ0n) is 8.28. The predicted octanol–water partition coefficient (Wildman–Crippen LogP) is 2.08. The number of amides is 1. The lowest BCUT2D eigenvalue weighted by Crippen LogP contribution is -2.31. The molecule has 0 bridgehead atoms. The summed E-state index contributed by atoms with van der Waals surface area (Å²) >= 11 is 0. The molecule has 0 heterocycles. The lowest BCUT2D eigenvalue weighted by molar-refractivity contribution is -0.121. The van der Waals surface area contributed by atoms with E-state index in [1.165, 1.54) is 0 Å². The fourth-order valence-corrected chi connectivity index (χ4v) is 1.63. The molecular formula is C8H18FNOSi. The molecule has 0 rings (SSSR count). The molecule has 0 saturated heterocycles. The molecule has 0 aromatic heterocycles. The van der Waals surface area contributed by atoms with Crippen LogP contribution in [0.25, 0.3) is 0 Å². The Morgan fingerprint density at radius 3 is 2.33 bits per heavy atom. The first-order valence-corrected chi connectivity index (χ1v) is 7.38. The summed E-state index contributed by atoms with van der Waals surface area (Å²) < 4.78 is 13.0. The van der Waals surface area contributed by atoms with E-state index < -0.39 is 8.41 Å². The van der Waals surface area contributed by atoms with Gasteiger partial charge in [0.2, 0.25) is 14.3 Å². The van der Waals surface area contributed by atoms with Crippen LogP contribution < -0.4 is 5.32 Å². The van der Waals surface area contributed by atoms with Crippen LogP contribution in [-0.4, -0.2) is 20.4 Å². The van der Waals surface area contributed by atoms with Crippen molar-refractivity contribution in [2.75, 3.05) is 0 Å². The van der Waals surface area contributed by atoms with Crippen LogP contribution in [0.1, 0.15) is 20.3 Å². The predicted molar refractivity (Wildman–Crippen MR) is 51.3 cm³/mol. The maximum absolute atomic E-state index is 13.0. The molecule has 12 heavy (non-hydrogen) atoms. The third-order valence-corrected chi connectivity index (χ3v) is 2.84. The van der Waals surface area contributed by atoms with Gasteiger partial charge in [-0.2, -0.15) is 0 Å². The number of halogens is 1. The van der Waals surface area contributed by atoms with E-state index in [0.29, 0.717) is 12.5 Å². The van der Waals surface area contributed by atoms with Crippen LogP contribution in [0, 0.1) is 0 Å². The van der Waals surface area contributed by atoms with Crippen LogP contribution in [0.2, 0.25) is 19.1 Å². The Morgan fingerprint density at radius 2 is 2.00 bits per heavy atom. The van der Waals surface area contributed by atoms with E-state index in [1.54, 1.807) is 13.1 Å². The van der Waals surface area contributed by atoms with Gasteiger partial charge in [-0.1, -0.05) is 0 Å². The fraction of sp³-hybridized carbons (Fsp3) is 0.875. The SMILES string of the molecule is CC(C)NC(=O)CC[Si](C)(C)F. The van der Waals surface area contributed by atoms with Crippen molar-refractivity contribution >= 4 is 14.3 Å². The lowest BCUT2D eigenvalue weighted by atomic mass is 10.3. The van der Waals surface area contributed by atoms with Crippen molar-refractivity contribution in [1.82, 2.24) is 5.32 Å². The molecule has 0 atom stereocenters. The van der Waals surface area contributed by atoms with Crippen molar-refractivity contribution < 1.29 is 8.90 Å². The van der Waals surface area contributed by atoms with Gasteiger partial charge in [0.05, 0.1) is 0 Å². The minimum atomic E-state index is -2.53. The van der Waals surface area contributed by atoms with Crippen LogP contribution in [0.5, 0.6) is 0 Å². The molecule has 0 unspecified atom stereocenters. The van der Waals surface area contributed by atoms with E-state index in [4.69, 9.17) is 0 Å². The Morgan fingerprint density at radius 1 is 1.50 bits per heavy atom. The van der Waals surface area contributed by atoms with Crippen LogP contribution in [0.3, 0.4) is 0 Å². The summed E-state index contributed by atoms with van der Waals surface area (Å²) in [7, 11) is -2.53. The Balaban J connectivity index is 3.58. The molecule has 0 spiro atoms. The van der Waals surface area contributed by atoms with Crippen LogP contribution in [0.4, 0.5) is 4.11 Å². The van der Waals surface area contributed by atoms with Gasteiger partial charge < -0.3 is 9.42 Å². The largest absolute Gasteiger partial charge is 0.354 e. The molecule has 1 amide bonds. The molecule has 0 aromatic rings. The molecule has 0 fully saturated rings. The Hall–Kier alpha value is -0.383. The Kier molecular flexibility index (Phi) is 4.45. The summed E-state index contributed by atoms with van der Waals surface area (Å²) in [5.74, 6) is -0.0387. The van der Waals surface area contributed by atoms with Gasteiger partial charge in [-0.15, -0.1) is 0 Å². The zero-order chi connectivity index (χ0) is 9.78. The molecular weight excluding hydrogens is 173 g/mol. The number of nitrogens with one attached hydrogen (secondary N) is 1. The van der Waals surface area contributed by atoms with Gasteiger partial charge in [0.1, 0.15) is 0 Å². The fourth-order valence-electron chi connectivity index (χ4n) is 0.805. The van der Waals surface area contributed by atoms with Gasteiger partial charge in [-0.05, 0) is 33.0 Å². The summed E-state index contributed by atoms with van der Waals surface area (Å²) in [6.45, 7) is 7.04. The summed E-state index contributed by atoms with van der Waals surface area (Å²) in [6, 6.07) is 0.577. The molecule has 2 nitrogen and oxygen atoms in total. The smallest absolute Gasteiger partial charge is 0.241 e. The maximum Gasteiger partial charge on any atom is 0.241 e. The van der Waals surface area contributed by atoms with Crippen LogP contribution in [0.15, 0.2) is 0 Å². The molecule has 0 saturated carbocycles. The number of rotatable bonds is 4.